The smallest absolute Gasteiger partial charge is 0.341 e. The molecule has 1 aromatic rings. The molecule has 2 amide bonds. The van der Waals surface area contributed by atoms with Gasteiger partial charge in [0, 0.05) is 19.1 Å². The molecule has 134 valence electrons. The highest BCUT2D eigenvalue weighted by atomic mass is 32.2. The Hall–Kier alpha value is -1.79. The third-order valence-electron chi connectivity index (χ3n) is 3.51. The van der Waals surface area contributed by atoms with E-state index in [4.69, 9.17) is 5.73 Å². The van der Waals surface area contributed by atoms with Crippen molar-refractivity contribution >= 4 is 25.9 Å². The van der Waals surface area contributed by atoms with E-state index in [9.17, 15) is 30.4 Å². The van der Waals surface area contributed by atoms with Crippen LogP contribution in [-0.4, -0.2) is 52.1 Å². The van der Waals surface area contributed by atoms with Gasteiger partial charge in [-0.3, -0.25) is 0 Å². The summed E-state index contributed by atoms with van der Waals surface area (Å²) < 4.78 is 75.2. The highest BCUT2D eigenvalue weighted by Gasteiger charge is 2.38. The van der Waals surface area contributed by atoms with Crippen molar-refractivity contribution in [2.24, 2.45) is 5.73 Å². The van der Waals surface area contributed by atoms with Gasteiger partial charge in [-0.1, -0.05) is 12.1 Å². The summed E-state index contributed by atoms with van der Waals surface area (Å²) in [5.74, 6) is -3.74. The second kappa shape index (κ2) is 6.61. The Kier molecular flexibility index (Phi) is 5.11. The molecule has 1 aliphatic rings. The van der Waals surface area contributed by atoms with Gasteiger partial charge in [-0.25, -0.2) is 21.6 Å². The minimum Gasteiger partial charge on any atom is -0.352 e. The average Bonchev–Trinajstić information content (AvgIpc) is 2.95. The van der Waals surface area contributed by atoms with E-state index in [-0.39, 0.29) is 19.5 Å². The van der Waals surface area contributed by atoms with E-state index in [1.165, 1.54) is 6.07 Å². The van der Waals surface area contributed by atoms with E-state index in [0.717, 1.165) is 22.5 Å². The van der Waals surface area contributed by atoms with Crippen LogP contribution in [0.5, 0.6) is 0 Å². The van der Waals surface area contributed by atoms with E-state index in [0.29, 0.717) is 0 Å². The van der Waals surface area contributed by atoms with Crippen LogP contribution < -0.4 is 11.1 Å². The van der Waals surface area contributed by atoms with Crippen molar-refractivity contribution in [2.45, 2.75) is 28.0 Å². The van der Waals surface area contributed by atoms with Crippen LogP contribution >= 0.6 is 0 Å². The number of primary amides is 1. The van der Waals surface area contributed by atoms with Gasteiger partial charge in [0.15, 0.2) is 0 Å². The monoisotopic (exact) mass is 383 g/mol. The number of carbonyl (C=O) groups excluding carboxylic acids is 1. The molecule has 1 aliphatic heterocycles. The number of carbonyl (C=O) groups is 1. The summed E-state index contributed by atoms with van der Waals surface area (Å²) in [6, 6.07) is 2.83. The summed E-state index contributed by atoms with van der Waals surface area (Å²) in [5.41, 5.74) is 4.97. The fourth-order valence-corrected chi connectivity index (χ4v) is 5.44. The fourth-order valence-electron chi connectivity index (χ4n) is 2.40. The first-order valence-corrected chi connectivity index (χ1v) is 9.72. The maximum Gasteiger partial charge on any atom is 0.341 e. The molecule has 1 aromatic carbocycles. The number of halogens is 2. The number of urea groups is 1. The van der Waals surface area contributed by atoms with Gasteiger partial charge < -0.3 is 11.1 Å². The van der Waals surface area contributed by atoms with E-state index < -0.39 is 47.5 Å². The molecule has 1 unspecified atom stereocenters. The zero-order valence-corrected chi connectivity index (χ0v) is 13.9. The SMILES string of the molecule is NC(=O)NC1CCN(S(=O)(=O)c2ccccc2S(=O)(=O)C(F)F)C1. The van der Waals surface area contributed by atoms with Crippen LogP contribution in [0, 0.1) is 0 Å². The number of benzene rings is 1. The van der Waals surface area contributed by atoms with Crippen LogP contribution in [0.4, 0.5) is 13.6 Å². The molecule has 12 heteroatoms. The summed E-state index contributed by atoms with van der Waals surface area (Å²) in [4.78, 5) is 9.15. The Morgan fingerprint density at radius 3 is 2.33 bits per heavy atom. The lowest BCUT2D eigenvalue weighted by atomic mass is 10.3. The molecule has 8 nitrogen and oxygen atoms in total. The summed E-state index contributed by atoms with van der Waals surface area (Å²) >= 11 is 0. The second-order valence-electron chi connectivity index (χ2n) is 5.11. The minimum absolute atomic E-state index is 0.00363. The van der Waals surface area contributed by atoms with Crippen LogP contribution in [0.2, 0.25) is 0 Å². The Morgan fingerprint density at radius 1 is 1.21 bits per heavy atom. The summed E-state index contributed by atoms with van der Waals surface area (Å²) in [5, 5.41) is 2.35. The molecule has 24 heavy (non-hydrogen) atoms. The number of sulfonamides is 1. The Labute approximate surface area is 137 Å². The minimum atomic E-state index is -5.08. The normalized spacial score (nSPS) is 19.5. The number of hydrogen-bond donors (Lipinski definition) is 2. The summed E-state index contributed by atoms with van der Waals surface area (Å²) in [6.07, 6.45) is 0.270. The van der Waals surface area contributed by atoms with Crippen molar-refractivity contribution in [1.29, 1.82) is 0 Å². The van der Waals surface area contributed by atoms with Gasteiger partial charge in [0.2, 0.25) is 19.9 Å². The molecule has 2 rings (SSSR count). The molecule has 1 saturated heterocycles. The first-order valence-electron chi connectivity index (χ1n) is 6.74. The van der Waals surface area contributed by atoms with Gasteiger partial charge >= 0.3 is 11.8 Å². The van der Waals surface area contributed by atoms with Gasteiger partial charge in [0.25, 0.3) is 0 Å². The van der Waals surface area contributed by atoms with Crippen molar-refractivity contribution in [3.8, 4) is 0 Å². The zero-order valence-electron chi connectivity index (χ0n) is 12.2. The molecule has 1 fully saturated rings. The number of amides is 2. The number of alkyl halides is 2. The number of nitrogens with zero attached hydrogens (tertiary/aromatic N) is 1. The van der Waals surface area contributed by atoms with Crippen LogP contribution in [0.1, 0.15) is 6.42 Å². The van der Waals surface area contributed by atoms with Crippen molar-refractivity contribution in [1.82, 2.24) is 9.62 Å². The van der Waals surface area contributed by atoms with Crippen LogP contribution in [0.3, 0.4) is 0 Å². The first kappa shape index (κ1) is 18.5. The van der Waals surface area contributed by atoms with Crippen LogP contribution in [0.15, 0.2) is 34.1 Å². The summed E-state index contributed by atoms with van der Waals surface area (Å²) in [7, 11) is -9.41. The predicted octanol–water partition coefficient (Wildman–Crippen LogP) is 0.114. The lowest BCUT2D eigenvalue weighted by molar-refractivity contribution is 0.234. The molecular weight excluding hydrogens is 368 g/mol. The first-order chi connectivity index (χ1) is 11.1. The molecule has 0 aliphatic carbocycles. The van der Waals surface area contributed by atoms with Crippen LogP contribution in [-0.2, 0) is 19.9 Å². The number of nitrogens with two attached hydrogens (primary N) is 1. The van der Waals surface area contributed by atoms with E-state index in [2.05, 4.69) is 5.32 Å². The lowest BCUT2D eigenvalue weighted by Gasteiger charge is -2.19. The van der Waals surface area contributed by atoms with Crippen molar-refractivity contribution in [3.05, 3.63) is 24.3 Å². The molecule has 1 heterocycles. The number of sulfone groups is 1. The molecule has 0 spiro atoms. The van der Waals surface area contributed by atoms with Crippen LogP contribution in [0.25, 0.3) is 0 Å². The van der Waals surface area contributed by atoms with Gasteiger partial charge in [0.1, 0.15) is 4.90 Å². The molecule has 3 N–H and O–H groups in total. The van der Waals surface area contributed by atoms with E-state index >= 15 is 0 Å². The highest BCUT2D eigenvalue weighted by molar-refractivity contribution is 7.93. The van der Waals surface area contributed by atoms with Crippen molar-refractivity contribution in [3.63, 3.8) is 0 Å². The standard InChI is InChI=1S/C12H15F2N3O5S2/c13-11(14)23(19,20)9-3-1-2-4-10(9)24(21,22)17-6-5-8(7-17)16-12(15)18/h1-4,8,11H,5-7H2,(H3,15,16,18). The summed E-state index contributed by atoms with van der Waals surface area (Å²) in [6.45, 7) is -0.134. The predicted molar refractivity (Wildman–Crippen MR) is 79.5 cm³/mol. The second-order valence-corrected chi connectivity index (χ2v) is 8.90. The fraction of sp³-hybridized carbons (Fsp3) is 0.417. The number of rotatable bonds is 5. The Morgan fingerprint density at radius 2 is 1.79 bits per heavy atom. The van der Waals surface area contributed by atoms with Gasteiger partial charge in [-0.05, 0) is 18.6 Å². The largest absolute Gasteiger partial charge is 0.352 e. The molecule has 0 bridgehead atoms. The number of nitrogens with one attached hydrogen (secondary N) is 1. The molecular formula is C12H15F2N3O5S2. The Bertz CT molecular complexity index is 842. The average molecular weight is 383 g/mol. The molecule has 1 atom stereocenters. The van der Waals surface area contributed by atoms with Gasteiger partial charge in [0.05, 0.1) is 4.90 Å². The zero-order chi connectivity index (χ0) is 18.1. The maximum absolute atomic E-state index is 12.8. The lowest BCUT2D eigenvalue weighted by Crippen LogP contribution is -2.41. The topological polar surface area (TPSA) is 127 Å². The van der Waals surface area contributed by atoms with Gasteiger partial charge in [-0.15, -0.1) is 0 Å². The maximum atomic E-state index is 12.8. The van der Waals surface area contributed by atoms with Crippen molar-refractivity contribution in [2.75, 3.05) is 13.1 Å². The third kappa shape index (κ3) is 3.49. The quantitative estimate of drug-likeness (QED) is 0.746. The molecule has 0 saturated carbocycles. The number of hydrogen-bond acceptors (Lipinski definition) is 5. The highest BCUT2D eigenvalue weighted by Crippen LogP contribution is 2.29. The van der Waals surface area contributed by atoms with E-state index in [1.54, 1.807) is 0 Å². The molecule has 0 radical (unpaired) electrons. The third-order valence-corrected chi connectivity index (χ3v) is 7.00. The van der Waals surface area contributed by atoms with Crippen molar-refractivity contribution < 1.29 is 30.4 Å². The van der Waals surface area contributed by atoms with Gasteiger partial charge in [-0.2, -0.15) is 13.1 Å². The van der Waals surface area contributed by atoms with E-state index in [1.807, 2.05) is 0 Å². The molecule has 0 aromatic heterocycles. The Balaban J connectivity index is 2.40.